The third kappa shape index (κ3) is 3.92. The maximum absolute atomic E-state index is 5.99. The van der Waals surface area contributed by atoms with Crippen molar-refractivity contribution in [2.45, 2.75) is 0 Å². The van der Waals surface area contributed by atoms with E-state index in [-0.39, 0.29) is 0 Å². The summed E-state index contributed by atoms with van der Waals surface area (Å²) in [5.74, 6) is 0. The second-order valence-electron chi connectivity index (χ2n) is 6.07. The Kier molecular flexibility index (Phi) is 5.01. The van der Waals surface area contributed by atoms with Crippen LogP contribution in [0.1, 0.15) is 5.56 Å². The van der Waals surface area contributed by atoms with Gasteiger partial charge >= 0.3 is 0 Å². The Balaban J connectivity index is 1.61. The van der Waals surface area contributed by atoms with Gasteiger partial charge in [-0.05, 0) is 58.0 Å². The minimum Gasteiger partial charge on any atom is -0.331 e. The molecule has 0 amide bonds. The summed E-state index contributed by atoms with van der Waals surface area (Å²) in [5.41, 5.74) is 4.74. The van der Waals surface area contributed by atoms with E-state index in [1.54, 1.807) is 6.07 Å². The number of fused-ring (bicyclic) bond motifs is 2. The van der Waals surface area contributed by atoms with E-state index in [9.17, 15) is 0 Å². The SMILES string of the molecule is S=C(NN=Cc1c2ccccc2cc2ccccc12)Nc1cccc(Cl)c1. The van der Waals surface area contributed by atoms with Crippen molar-refractivity contribution in [1.29, 1.82) is 0 Å². The lowest BCUT2D eigenvalue weighted by Gasteiger charge is -2.09. The first-order chi connectivity index (χ1) is 13.2. The first kappa shape index (κ1) is 17.5. The molecule has 27 heavy (non-hydrogen) atoms. The number of anilines is 1. The van der Waals surface area contributed by atoms with Gasteiger partial charge in [0.2, 0.25) is 0 Å². The zero-order chi connectivity index (χ0) is 18.6. The fraction of sp³-hybridized carbons (Fsp3) is 0. The number of nitrogens with one attached hydrogen (secondary N) is 2. The molecular formula is C22H16ClN3S. The topological polar surface area (TPSA) is 36.4 Å². The van der Waals surface area contributed by atoms with Gasteiger partial charge in [0.05, 0.1) is 6.21 Å². The van der Waals surface area contributed by atoms with Crippen LogP contribution in [-0.2, 0) is 0 Å². The molecule has 0 spiro atoms. The third-order valence-electron chi connectivity index (χ3n) is 4.26. The monoisotopic (exact) mass is 389 g/mol. The smallest absolute Gasteiger partial charge is 0.191 e. The number of hydrogen-bond donors (Lipinski definition) is 2. The van der Waals surface area contributed by atoms with Crippen LogP contribution in [0.25, 0.3) is 21.5 Å². The van der Waals surface area contributed by atoms with E-state index >= 15 is 0 Å². The molecular weight excluding hydrogens is 374 g/mol. The first-order valence-corrected chi connectivity index (χ1v) is 9.25. The van der Waals surface area contributed by atoms with Crippen molar-refractivity contribution in [3.8, 4) is 0 Å². The molecule has 0 saturated heterocycles. The van der Waals surface area contributed by atoms with E-state index in [1.165, 1.54) is 10.8 Å². The van der Waals surface area contributed by atoms with Crippen molar-refractivity contribution in [3.63, 3.8) is 0 Å². The standard InChI is InChI=1S/C22H16ClN3S/c23-17-8-5-9-18(13-17)25-22(27)26-24-14-21-19-10-3-1-6-15(19)12-16-7-2-4-11-20(16)21/h1-14H,(H2,25,26,27). The molecule has 132 valence electrons. The van der Waals surface area contributed by atoms with Gasteiger partial charge in [-0.3, -0.25) is 5.43 Å². The molecule has 0 aliphatic rings. The largest absolute Gasteiger partial charge is 0.331 e. The summed E-state index contributed by atoms with van der Waals surface area (Å²) < 4.78 is 0. The number of benzene rings is 4. The zero-order valence-electron chi connectivity index (χ0n) is 14.3. The number of halogens is 1. The van der Waals surface area contributed by atoms with Crippen LogP contribution in [0.2, 0.25) is 5.02 Å². The maximum Gasteiger partial charge on any atom is 0.191 e. The molecule has 3 nitrogen and oxygen atoms in total. The summed E-state index contributed by atoms with van der Waals surface area (Å²) in [6, 6.07) is 26.1. The fourth-order valence-electron chi connectivity index (χ4n) is 3.07. The Bertz CT molecular complexity index is 1120. The van der Waals surface area contributed by atoms with Crippen LogP contribution in [0.4, 0.5) is 5.69 Å². The highest BCUT2D eigenvalue weighted by Gasteiger charge is 2.05. The van der Waals surface area contributed by atoms with Crippen molar-refractivity contribution in [2.75, 3.05) is 5.32 Å². The molecule has 0 aromatic heterocycles. The molecule has 0 aliphatic heterocycles. The molecule has 0 heterocycles. The molecule has 0 aliphatic carbocycles. The van der Waals surface area contributed by atoms with Gasteiger partial charge in [0.25, 0.3) is 0 Å². The molecule has 0 bridgehead atoms. The molecule has 2 N–H and O–H groups in total. The highest BCUT2D eigenvalue weighted by atomic mass is 35.5. The first-order valence-electron chi connectivity index (χ1n) is 8.47. The summed E-state index contributed by atoms with van der Waals surface area (Å²) in [6.45, 7) is 0. The van der Waals surface area contributed by atoms with Gasteiger partial charge < -0.3 is 5.32 Å². The van der Waals surface area contributed by atoms with Crippen molar-refractivity contribution >= 4 is 62.4 Å². The second-order valence-corrected chi connectivity index (χ2v) is 6.91. The minimum atomic E-state index is 0.401. The molecule has 4 aromatic rings. The highest BCUT2D eigenvalue weighted by molar-refractivity contribution is 7.80. The van der Waals surface area contributed by atoms with Crippen LogP contribution in [0, 0.1) is 0 Å². The molecule has 0 fully saturated rings. The van der Waals surface area contributed by atoms with Gasteiger partial charge in [0, 0.05) is 16.3 Å². The molecule has 4 rings (SSSR count). The van der Waals surface area contributed by atoms with Crippen molar-refractivity contribution < 1.29 is 0 Å². The molecule has 0 atom stereocenters. The summed E-state index contributed by atoms with van der Waals surface area (Å²) in [4.78, 5) is 0. The van der Waals surface area contributed by atoms with Crippen molar-refractivity contribution in [3.05, 3.63) is 89.4 Å². The van der Waals surface area contributed by atoms with E-state index in [0.29, 0.717) is 10.1 Å². The maximum atomic E-state index is 5.99. The van der Waals surface area contributed by atoms with Crippen LogP contribution < -0.4 is 10.7 Å². The average Bonchev–Trinajstić information content (AvgIpc) is 2.67. The number of thiocarbonyl (C=S) groups is 1. The number of rotatable bonds is 3. The molecule has 5 heteroatoms. The van der Waals surface area contributed by atoms with Crippen molar-refractivity contribution in [1.82, 2.24) is 5.43 Å². The third-order valence-corrected chi connectivity index (χ3v) is 4.68. The lowest BCUT2D eigenvalue weighted by molar-refractivity contribution is 1.05. The average molecular weight is 390 g/mol. The second kappa shape index (κ2) is 7.74. The Hall–Kier alpha value is -2.95. The van der Waals surface area contributed by atoms with Crippen LogP contribution in [0.3, 0.4) is 0 Å². The zero-order valence-corrected chi connectivity index (χ0v) is 15.9. The Morgan fingerprint density at radius 1 is 0.852 bits per heavy atom. The van der Waals surface area contributed by atoms with Gasteiger partial charge in [-0.15, -0.1) is 0 Å². The van der Waals surface area contributed by atoms with Gasteiger partial charge in [-0.1, -0.05) is 66.2 Å². The normalized spacial score (nSPS) is 11.1. The molecule has 0 radical (unpaired) electrons. The van der Waals surface area contributed by atoms with Crippen LogP contribution in [-0.4, -0.2) is 11.3 Å². The predicted octanol–water partition coefficient (Wildman–Crippen LogP) is 5.97. The Labute approximate surface area is 167 Å². The summed E-state index contributed by atoms with van der Waals surface area (Å²) in [7, 11) is 0. The van der Waals surface area contributed by atoms with E-state index in [2.05, 4.69) is 46.2 Å². The fourth-order valence-corrected chi connectivity index (χ4v) is 3.43. The highest BCUT2D eigenvalue weighted by Crippen LogP contribution is 2.27. The van der Waals surface area contributed by atoms with Crippen LogP contribution in [0.5, 0.6) is 0 Å². The van der Waals surface area contributed by atoms with E-state index in [1.807, 2.05) is 48.7 Å². The molecule has 4 aromatic carbocycles. The van der Waals surface area contributed by atoms with Gasteiger partial charge in [-0.25, -0.2) is 0 Å². The minimum absolute atomic E-state index is 0.401. The molecule has 0 saturated carbocycles. The number of hydrogen-bond acceptors (Lipinski definition) is 2. The van der Waals surface area contributed by atoms with Crippen molar-refractivity contribution in [2.24, 2.45) is 5.10 Å². The quantitative estimate of drug-likeness (QED) is 0.196. The number of nitrogens with zero attached hydrogens (tertiary/aromatic N) is 1. The summed E-state index contributed by atoms with van der Waals surface area (Å²) in [6.07, 6.45) is 1.82. The Morgan fingerprint density at radius 2 is 1.52 bits per heavy atom. The van der Waals surface area contributed by atoms with E-state index in [0.717, 1.165) is 22.0 Å². The van der Waals surface area contributed by atoms with E-state index < -0.39 is 0 Å². The molecule has 0 unspecified atom stereocenters. The van der Waals surface area contributed by atoms with Crippen LogP contribution >= 0.6 is 23.8 Å². The number of hydrazone groups is 1. The predicted molar refractivity (Wildman–Crippen MR) is 120 cm³/mol. The van der Waals surface area contributed by atoms with Crippen LogP contribution in [0.15, 0.2) is 84.0 Å². The Morgan fingerprint density at radius 3 is 2.19 bits per heavy atom. The lowest BCUT2D eigenvalue weighted by atomic mass is 9.97. The summed E-state index contributed by atoms with van der Waals surface area (Å²) >= 11 is 11.3. The van der Waals surface area contributed by atoms with Gasteiger partial charge in [0.1, 0.15) is 0 Å². The summed E-state index contributed by atoms with van der Waals surface area (Å²) in [5, 5.41) is 13.1. The lowest BCUT2D eigenvalue weighted by Crippen LogP contribution is -2.23. The van der Waals surface area contributed by atoms with Gasteiger partial charge in [0.15, 0.2) is 5.11 Å². The van der Waals surface area contributed by atoms with E-state index in [4.69, 9.17) is 23.8 Å². The van der Waals surface area contributed by atoms with Gasteiger partial charge in [-0.2, -0.15) is 5.10 Å².